The minimum Gasteiger partial charge on any atom is -0.354 e. The molecular formula is C8H13N7O2. The van der Waals surface area contributed by atoms with Crippen molar-refractivity contribution in [3.05, 3.63) is 6.33 Å². The molecule has 0 saturated heterocycles. The Morgan fingerprint density at radius 3 is 2.82 bits per heavy atom. The molecule has 2 aromatic heterocycles. The van der Waals surface area contributed by atoms with Gasteiger partial charge in [0.2, 0.25) is 0 Å². The van der Waals surface area contributed by atoms with E-state index in [0.717, 1.165) is 0 Å². The van der Waals surface area contributed by atoms with Gasteiger partial charge in [0.15, 0.2) is 23.3 Å². The average Bonchev–Trinajstić information content (AvgIpc) is 2.79. The summed E-state index contributed by atoms with van der Waals surface area (Å²) < 4.78 is 11.7. The number of methoxy groups -OCH3 is 2. The van der Waals surface area contributed by atoms with Crippen molar-refractivity contribution in [1.82, 2.24) is 25.0 Å². The van der Waals surface area contributed by atoms with E-state index in [1.807, 2.05) is 0 Å². The quantitative estimate of drug-likeness (QED) is 0.393. The van der Waals surface area contributed by atoms with E-state index in [-0.39, 0.29) is 0 Å². The van der Waals surface area contributed by atoms with Gasteiger partial charge in [-0.15, -0.1) is 5.10 Å². The molecule has 0 aliphatic rings. The van der Waals surface area contributed by atoms with Crippen LogP contribution in [0.1, 0.15) is 0 Å². The second-order valence-electron chi connectivity index (χ2n) is 3.21. The number of nitrogens with two attached hydrogens (primary N) is 1. The summed E-state index contributed by atoms with van der Waals surface area (Å²) in [6.45, 7) is 0.379. The first-order valence-corrected chi connectivity index (χ1v) is 4.86. The van der Waals surface area contributed by atoms with Gasteiger partial charge in [0, 0.05) is 14.2 Å². The number of hydrazine groups is 1. The van der Waals surface area contributed by atoms with Gasteiger partial charge in [0.1, 0.15) is 6.33 Å². The van der Waals surface area contributed by atoms with Crippen LogP contribution < -0.4 is 11.3 Å². The maximum atomic E-state index is 5.31. The van der Waals surface area contributed by atoms with E-state index in [9.17, 15) is 0 Å². The Balaban J connectivity index is 2.36. The predicted molar refractivity (Wildman–Crippen MR) is 58.7 cm³/mol. The summed E-state index contributed by atoms with van der Waals surface area (Å²) >= 11 is 0. The molecule has 0 radical (unpaired) electrons. The van der Waals surface area contributed by atoms with E-state index >= 15 is 0 Å². The number of hydrogen-bond acceptors (Lipinski definition) is 8. The molecule has 0 amide bonds. The molecule has 0 aromatic carbocycles. The van der Waals surface area contributed by atoms with Crippen LogP contribution in [0.25, 0.3) is 11.2 Å². The standard InChI is InChI=1S/C8H13N7O2/c1-16-5(17-2)3-15-8-6(13-14-15)7(12-9)10-4-11-8/h4-5H,3,9H2,1-2H3,(H,10,11,12). The molecule has 0 fully saturated rings. The average molecular weight is 239 g/mol. The predicted octanol–water partition coefficient (Wildman–Crippen LogP) is -0.874. The molecule has 0 unspecified atom stereocenters. The third-order valence-corrected chi connectivity index (χ3v) is 2.28. The molecule has 0 spiro atoms. The maximum absolute atomic E-state index is 5.31. The summed E-state index contributed by atoms with van der Waals surface area (Å²) in [6.07, 6.45) is 0.968. The summed E-state index contributed by atoms with van der Waals surface area (Å²) in [6, 6.07) is 0. The fourth-order valence-corrected chi connectivity index (χ4v) is 1.41. The first kappa shape index (κ1) is 11.6. The van der Waals surface area contributed by atoms with Crippen LogP contribution >= 0.6 is 0 Å². The maximum Gasteiger partial charge on any atom is 0.184 e. The highest BCUT2D eigenvalue weighted by Gasteiger charge is 2.14. The van der Waals surface area contributed by atoms with Crippen molar-refractivity contribution in [3.63, 3.8) is 0 Å². The van der Waals surface area contributed by atoms with Gasteiger partial charge in [-0.3, -0.25) is 0 Å². The van der Waals surface area contributed by atoms with Gasteiger partial charge < -0.3 is 14.9 Å². The lowest BCUT2D eigenvalue weighted by Crippen LogP contribution is -2.21. The zero-order chi connectivity index (χ0) is 12.3. The third kappa shape index (κ3) is 2.16. The molecule has 0 saturated carbocycles. The van der Waals surface area contributed by atoms with Crippen LogP contribution in [0, 0.1) is 0 Å². The molecule has 2 heterocycles. The van der Waals surface area contributed by atoms with E-state index in [1.54, 1.807) is 18.9 Å². The number of aromatic nitrogens is 5. The van der Waals surface area contributed by atoms with Crippen LogP contribution in [0.4, 0.5) is 5.82 Å². The van der Waals surface area contributed by atoms with Crippen molar-refractivity contribution in [2.24, 2.45) is 5.84 Å². The van der Waals surface area contributed by atoms with Crippen molar-refractivity contribution in [2.45, 2.75) is 12.8 Å². The van der Waals surface area contributed by atoms with Crippen LogP contribution in [0.5, 0.6) is 0 Å². The summed E-state index contributed by atoms with van der Waals surface area (Å²) in [5.41, 5.74) is 3.50. The molecule has 0 atom stereocenters. The number of rotatable bonds is 5. The molecule has 92 valence electrons. The second kappa shape index (κ2) is 4.99. The van der Waals surface area contributed by atoms with Gasteiger partial charge in [0.05, 0.1) is 6.54 Å². The number of hydrogen-bond donors (Lipinski definition) is 2. The highest BCUT2D eigenvalue weighted by Crippen LogP contribution is 2.14. The highest BCUT2D eigenvalue weighted by atomic mass is 16.7. The molecule has 3 N–H and O–H groups in total. The Hall–Kier alpha value is -1.84. The van der Waals surface area contributed by atoms with Crippen molar-refractivity contribution in [1.29, 1.82) is 0 Å². The fraction of sp³-hybridized carbons (Fsp3) is 0.500. The van der Waals surface area contributed by atoms with Crippen LogP contribution in [0.15, 0.2) is 6.33 Å². The molecule has 0 bridgehead atoms. The molecule has 17 heavy (non-hydrogen) atoms. The smallest absolute Gasteiger partial charge is 0.184 e. The van der Waals surface area contributed by atoms with Gasteiger partial charge in [-0.2, -0.15) is 0 Å². The third-order valence-electron chi connectivity index (χ3n) is 2.28. The van der Waals surface area contributed by atoms with Crippen molar-refractivity contribution in [2.75, 3.05) is 19.6 Å². The minimum absolute atomic E-state index is 0.379. The number of nitrogens with zero attached hydrogens (tertiary/aromatic N) is 5. The topological polar surface area (TPSA) is 113 Å². The van der Waals surface area contributed by atoms with Gasteiger partial charge in [-0.1, -0.05) is 5.21 Å². The lowest BCUT2D eigenvalue weighted by Gasteiger charge is -2.12. The fourth-order valence-electron chi connectivity index (χ4n) is 1.41. The second-order valence-corrected chi connectivity index (χ2v) is 3.21. The number of ether oxygens (including phenoxy) is 2. The largest absolute Gasteiger partial charge is 0.354 e. The monoisotopic (exact) mass is 239 g/mol. The van der Waals surface area contributed by atoms with Gasteiger partial charge >= 0.3 is 0 Å². The number of nitrogen functional groups attached to an aromatic ring is 1. The molecule has 0 aliphatic carbocycles. The number of nitrogens with one attached hydrogen (secondary N) is 1. The van der Waals surface area contributed by atoms with Crippen molar-refractivity contribution >= 4 is 17.0 Å². The lowest BCUT2D eigenvalue weighted by atomic mass is 10.5. The van der Waals surface area contributed by atoms with Crippen LogP contribution in [-0.4, -0.2) is 45.5 Å². The van der Waals surface area contributed by atoms with Gasteiger partial charge in [-0.25, -0.2) is 20.5 Å². The van der Waals surface area contributed by atoms with Crippen LogP contribution in [0.3, 0.4) is 0 Å². The molecule has 9 heteroatoms. The molecule has 2 rings (SSSR count). The SMILES string of the molecule is COC(Cn1nnc2c(NN)ncnc21)OC. The zero-order valence-corrected chi connectivity index (χ0v) is 9.49. The van der Waals surface area contributed by atoms with Crippen LogP contribution in [0.2, 0.25) is 0 Å². The van der Waals surface area contributed by atoms with Gasteiger partial charge in [-0.05, 0) is 0 Å². The lowest BCUT2D eigenvalue weighted by molar-refractivity contribution is -0.112. The van der Waals surface area contributed by atoms with E-state index in [4.69, 9.17) is 15.3 Å². The first-order valence-electron chi connectivity index (χ1n) is 4.86. The van der Waals surface area contributed by atoms with Gasteiger partial charge in [0.25, 0.3) is 0 Å². The molecule has 2 aromatic rings. The summed E-state index contributed by atoms with van der Waals surface area (Å²) in [5.74, 6) is 5.74. The number of anilines is 1. The van der Waals surface area contributed by atoms with E-state index < -0.39 is 6.29 Å². The molecule has 9 nitrogen and oxygen atoms in total. The molecule has 0 aliphatic heterocycles. The zero-order valence-electron chi connectivity index (χ0n) is 9.49. The van der Waals surface area contributed by atoms with Crippen molar-refractivity contribution < 1.29 is 9.47 Å². The molecular weight excluding hydrogens is 226 g/mol. The minimum atomic E-state index is -0.413. The Bertz CT molecular complexity index is 496. The van der Waals surface area contributed by atoms with E-state index in [2.05, 4.69) is 25.7 Å². The summed E-state index contributed by atoms with van der Waals surface area (Å²) in [7, 11) is 3.10. The normalized spacial score (nSPS) is 11.3. The van der Waals surface area contributed by atoms with E-state index in [0.29, 0.717) is 23.5 Å². The first-order chi connectivity index (χ1) is 8.30. The van der Waals surface area contributed by atoms with E-state index in [1.165, 1.54) is 6.33 Å². The van der Waals surface area contributed by atoms with Crippen molar-refractivity contribution in [3.8, 4) is 0 Å². The summed E-state index contributed by atoms with van der Waals surface area (Å²) in [4.78, 5) is 8.02. The Morgan fingerprint density at radius 1 is 1.41 bits per heavy atom. The Kier molecular flexibility index (Phi) is 3.42. The number of fused-ring (bicyclic) bond motifs is 1. The summed E-state index contributed by atoms with van der Waals surface area (Å²) in [5, 5.41) is 7.89. The van der Waals surface area contributed by atoms with Crippen LogP contribution in [-0.2, 0) is 16.0 Å². The Labute approximate surface area is 96.9 Å². The highest BCUT2D eigenvalue weighted by molar-refractivity contribution is 5.81. The Morgan fingerprint density at radius 2 is 2.18 bits per heavy atom.